The molecule has 3 rings (SSSR count). The van der Waals surface area contributed by atoms with Crippen LogP contribution in [0.3, 0.4) is 0 Å². The van der Waals surface area contributed by atoms with E-state index in [1.54, 1.807) is 6.07 Å². The van der Waals surface area contributed by atoms with Crippen molar-refractivity contribution in [3.05, 3.63) is 83.3 Å². The first kappa shape index (κ1) is 15.9. The molecule has 1 aromatic heterocycles. The van der Waals surface area contributed by atoms with Crippen molar-refractivity contribution >= 4 is 11.6 Å². The van der Waals surface area contributed by atoms with E-state index < -0.39 is 0 Å². The van der Waals surface area contributed by atoms with E-state index in [9.17, 15) is 4.79 Å². The fourth-order valence-electron chi connectivity index (χ4n) is 2.46. The molecule has 2 aromatic carbocycles. The summed E-state index contributed by atoms with van der Waals surface area (Å²) in [7, 11) is 0. The smallest absolute Gasteiger partial charge is 0.291 e. The molecule has 0 aliphatic rings. The van der Waals surface area contributed by atoms with Gasteiger partial charge in [-0.3, -0.25) is 4.79 Å². The Hall–Kier alpha value is -3.01. The second-order valence-corrected chi connectivity index (χ2v) is 5.65. The molecule has 3 aromatic rings. The van der Waals surface area contributed by atoms with Crippen molar-refractivity contribution in [2.24, 2.45) is 0 Å². The minimum absolute atomic E-state index is 0.269. The molecule has 0 aliphatic heterocycles. The number of rotatable bonds is 5. The molecule has 1 amide bonds. The Bertz CT molecular complexity index is 837. The highest BCUT2D eigenvalue weighted by atomic mass is 16.5. The van der Waals surface area contributed by atoms with Crippen LogP contribution in [0.5, 0.6) is 5.75 Å². The van der Waals surface area contributed by atoms with Gasteiger partial charge in [0.25, 0.3) is 5.91 Å². The molecule has 0 atom stereocenters. The number of anilines is 1. The SMILES string of the molecule is Cc1ccc(NC(=O)c2occc2COc2ccccc2)c(C)c1. The van der Waals surface area contributed by atoms with Gasteiger partial charge in [0, 0.05) is 11.3 Å². The van der Waals surface area contributed by atoms with Crippen LogP contribution in [0.25, 0.3) is 0 Å². The van der Waals surface area contributed by atoms with Crippen LogP contribution in [0.4, 0.5) is 5.69 Å². The number of hydrogen-bond acceptors (Lipinski definition) is 3. The molecule has 1 N–H and O–H groups in total. The van der Waals surface area contributed by atoms with Crippen LogP contribution < -0.4 is 10.1 Å². The van der Waals surface area contributed by atoms with Gasteiger partial charge in [0.1, 0.15) is 12.4 Å². The first-order valence-corrected chi connectivity index (χ1v) is 7.76. The normalized spacial score (nSPS) is 10.4. The zero-order chi connectivity index (χ0) is 16.9. The van der Waals surface area contributed by atoms with Crippen LogP contribution in [0, 0.1) is 13.8 Å². The van der Waals surface area contributed by atoms with Gasteiger partial charge >= 0.3 is 0 Å². The molecule has 0 bridgehead atoms. The summed E-state index contributed by atoms with van der Waals surface area (Å²) in [4.78, 5) is 12.5. The Morgan fingerprint density at radius 1 is 1.08 bits per heavy atom. The van der Waals surface area contributed by atoms with Gasteiger partial charge in [-0.2, -0.15) is 0 Å². The highest BCUT2D eigenvalue weighted by molar-refractivity contribution is 6.03. The number of nitrogens with one attached hydrogen (secondary N) is 1. The quantitative estimate of drug-likeness (QED) is 0.739. The van der Waals surface area contributed by atoms with Gasteiger partial charge in [-0.25, -0.2) is 0 Å². The summed E-state index contributed by atoms with van der Waals surface area (Å²) in [6, 6.07) is 17.1. The van der Waals surface area contributed by atoms with Crippen LogP contribution in [0.15, 0.2) is 65.3 Å². The second kappa shape index (κ2) is 7.04. The maximum absolute atomic E-state index is 12.5. The third kappa shape index (κ3) is 3.66. The van der Waals surface area contributed by atoms with Crippen molar-refractivity contribution < 1.29 is 13.9 Å². The molecule has 0 aliphatic carbocycles. The molecule has 0 saturated heterocycles. The number of para-hydroxylation sites is 1. The maximum atomic E-state index is 12.5. The molecule has 24 heavy (non-hydrogen) atoms. The van der Waals surface area contributed by atoms with Crippen molar-refractivity contribution in [1.82, 2.24) is 0 Å². The maximum Gasteiger partial charge on any atom is 0.291 e. The van der Waals surface area contributed by atoms with Gasteiger partial charge in [0.15, 0.2) is 5.76 Å². The largest absolute Gasteiger partial charge is 0.489 e. The van der Waals surface area contributed by atoms with Gasteiger partial charge < -0.3 is 14.5 Å². The fraction of sp³-hybridized carbons (Fsp3) is 0.150. The Balaban J connectivity index is 1.71. The fourth-order valence-corrected chi connectivity index (χ4v) is 2.46. The Labute approximate surface area is 141 Å². The summed E-state index contributed by atoms with van der Waals surface area (Å²) in [5, 5.41) is 2.89. The van der Waals surface area contributed by atoms with E-state index in [0.717, 1.165) is 22.6 Å². The van der Waals surface area contributed by atoms with Crippen molar-refractivity contribution in [2.45, 2.75) is 20.5 Å². The Morgan fingerprint density at radius 2 is 1.88 bits per heavy atom. The lowest BCUT2D eigenvalue weighted by atomic mass is 10.1. The van der Waals surface area contributed by atoms with E-state index in [0.29, 0.717) is 5.56 Å². The lowest BCUT2D eigenvalue weighted by Gasteiger charge is -2.09. The van der Waals surface area contributed by atoms with E-state index in [4.69, 9.17) is 9.15 Å². The molecule has 0 saturated carbocycles. The van der Waals surface area contributed by atoms with Crippen LogP contribution in [-0.4, -0.2) is 5.91 Å². The van der Waals surface area contributed by atoms with Crippen LogP contribution >= 0.6 is 0 Å². The topological polar surface area (TPSA) is 51.5 Å². The van der Waals surface area contributed by atoms with Gasteiger partial charge in [-0.05, 0) is 43.7 Å². The number of aryl methyl sites for hydroxylation is 2. The number of carbonyl (C=O) groups is 1. The van der Waals surface area contributed by atoms with Gasteiger partial charge in [-0.15, -0.1) is 0 Å². The van der Waals surface area contributed by atoms with Gasteiger partial charge in [0.2, 0.25) is 0 Å². The molecule has 0 spiro atoms. The Morgan fingerprint density at radius 3 is 2.62 bits per heavy atom. The number of amides is 1. The monoisotopic (exact) mass is 321 g/mol. The predicted molar refractivity (Wildman–Crippen MR) is 93.4 cm³/mol. The standard InChI is InChI=1S/C20H19NO3/c1-14-8-9-18(15(2)12-14)21-20(22)19-16(10-11-23-19)13-24-17-6-4-3-5-7-17/h3-12H,13H2,1-2H3,(H,21,22). The minimum atomic E-state index is -0.279. The number of hydrogen-bond donors (Lipinski definition) is 1. The molecule has 0 radical (unpaired) electrons. The zero-order valence-corrected chi connectivity index (χ0v) is 13.7. The van der Waals surface area contributed by atoms with Crippen molar-refractivity contribution in [3.8, 4) is 5.75 Å². The summed E-state index contributed by atoms with van der Waals surface area (Å²) in [5.74, 6) is 0.740. The minimum Gasteiger partial charge on any atom is -0.489 e. The molecule has 0 unspecified atom stereocenters. The summed E-state index contributed by atoms with van der Waals surface area (Å²) in [6.07, 6.45) is 1.50. The third-order valence-corrected chi connectivity index (χ3v) is 3.72. The van der Waals surface area contributed by atoms with Crippen LogP contribution in [0.1, 0.15) is 27.2 Å². The number of furan rings is 1. The summed E-state index contributed by atoms with van der Waals surface area (Å²) in [6.45, 7) is 4.25. The highest BCUT2D eigenvalue weighted by Crippen LogP contribution is 2.20. The Kier molecular flexibility index (Phi) is 4.66. The van der Waals surface area contributed by atoms with Crippen LogP contribution in [-0.2, 0) is 6.61 Å². The molecular formula is C20H19NO3. The highest BCUT2D eigenvalue weighted by Gasteiger charge is 2.17. The average molecular weight is 321 g/mol. The average Bonchev–Trinajstić information content (AvgIpc) is 3.05. The molecule has 0 fully saturated rings. The second-order valence-electron chi connectivity index (χ2n) is 5.65. The van der Waals surface area contributed by atoms with E-state index in [2.05, 4.69) is 5.32 Å². The molecule has 122 valence electrons. The summed E-state index contributed by atoms with van der Waals surface area (Å²) in [5.41, 5.74) is 3.65. The zero-order valence-electron chi connectivity index (χ0n) is 13.7. The van der Waals surface area contributed by atoms with E-state index in [-0.39, 0.29) is 18.3 Å². The molecule has 4 nitrogen and oxygen atoms in total. The first-order valence-electron chi connectivity index (χ1n) is 7.76. The molecule has 4 heteroatoms. The first-order chi connectivity index (χ1) is 11.6. The predicted octanol–water partition coefficient (Wildman–Crippen LogP) is 4.73. The lowest BCUT2D eigenvalue weighted by Crippen LogP contribution is -2.14. The lowest BCUT2D eigenvalue weighted by molar-refractivity contribution is 0.0993. The number of benzene rings is 2. The summed E-state index contributed by atoms with van der Waals surface area (Å²) >= 11 is 0. The van der Waals surface area contributed by atoms with Gasteiger partial charge in [0.05, 0.1) is 6.26 Å². The van der Waals surface area contributed by atoms with E-state index in [1.807, 2.05) is 62.4 Å². The number of ether oxygens (including phenoxy) is 1. The van der Waals surface area contributed by atoms with Crippen LogP contribution in [0.2, 0.25) is 0 Å². The summed E-state index contributed by atoms with van der Waals surface area (Å²) < 4.78 is 11.0. The third-order valence-electron chi connectivity index (χ3n) is 3.72. The molecular weight excluding hydrogens is 302 g/mol. The molecule has 1 heterocycles. The van der Waals surface area contributed by atoms with Crippen molar-refractivity contribution in [2.75, 3.05) is 5.32 Å². The van der Waals surface area contributed by atoms with E-state index >= 15 is 0 Å². The van der Waals surface area contributed by atoms with Gasteiger partial charge in [-0.1, -0.05) is 35.9 Å². The number of carbonyl (C=O) groups excluding carboxylic acids is 1. The van der Waals surface area contributed by atoms with E-state index in [1.165, 1.54) is 6.26 Å². The van der Waals surface area contributed by atoms with Crippen molar-refractivity contribution in [1.29, 1.82) is 0 Å². The van der Waals surface area contributed by atoms with Crippen molar-refractivity contribution in [3.63, 3.8) is 0 Å².